The molecule has 0 unspecified atom stereocenters. The van der Waals surface area contributed by atoms with Gasteiger partial charge < -0.3 is 17.7 Å². The van der Waals surface area contributed by atoms with Crippen molar-refractivity contribution in [1.29, 1.82) is 0 Å². The highest BCUT2D eigenvalue weighted by molar-refractivity contribution is 6.53. The first-order valence-electron chi connectivity index (χ1n) is 16.5. The standard InChI is InChI=1S/C32H68O4Si/c1-9-17-21-29(13-5)25-33-37(34-26-30(14-6)22-18-10-2,35-27-31(15-7)23-19-11-3)36-28-32(16-8)24-20-12-4/h29-32H,9-28H2,1-8H3/t29-,30-,31-,32-/m0/s1. The Hall–Kier alpha value is 0.0569. The van der Waals surface area contributed by atoms with Crippen molar-refractivity contribution in [3.8, 4) is 0 Å². The van der Waals surface area contributed by atoms with Crippen LogP contribution < -0.4 is 0 Å². The van der Waals surface area contributed by atoms with Crippen molar-refractivity contribution in [1.82, 2.24) is 0 Å². The van der Waals surface area contributed by atoms with E-state index in [1.54, 1.807) is 0 Å². The molecule has 0 amide bonds. The third kappa shape index (κ3) is 18.1. The molecule has 0 N–H and O–H groups in total. The van der Waals surface area contributed by atoms with Crippen LogP contribution >= 0.6 is 0 Å². The molecule has 0 saturated carbocycles. The molecule has 0 aliphatic carbocycles. The van der Waals surface area contributed by atoms with Crippen molar-refractivity contribution in [3.63, 3.8) is 0 Å². The van der Waals surface area contributed by atoms with Gasteiger partial charge in [0.25, 0.3) is 0 Å². The third-order valence-corrected chi connectivity index (χ3v) is 10.2. The second kappa shape index (κ2) is 25.1. The van der Waals surface area contributed by atoms with Gasteiger partial charge in [-0.15, -0.1) is 0 Å². The molecule has 0 radical (unpaired) electrons. The van der Waals surface area contributed by atoms with Crippen LogP contribution in [0.15, 0.2) is 0 Å². The quantitative estimate of drug-likeness (QED) is 0.0918. The summed E-state index contributed by atoms with van der Waals surface area (Å²) in [6.45, 7) is 20.9. The summed E-state index contributed by atoms with van der Waals surface area (Å²) in [5.74, 6) is 2.14. The van der Waals surface area contributed by atoms with Gasteiger partial charge in [0, 0.05) is 26.4 Å². The van der Waals surface area contributed by atoms with E-state index in [1.807, 2.05) is 0 Å². The summed E-state index contributed by atoms with van der Waals surface area (Å²) in [6, 6.07) is 0. The van der Waals surface area contributed by atoms with Crippen molar-refractivity contribution in [2.45, 2.75) is 158 Å². The Morgan fingerprint density at radius 1 is 0.378 bits per heavy atom. The molecule has 0 saturated heterocycles. The zero-order chi connectivity index (χ0) is 27.8. The zero-order valence-corrected chi connectivity index (χ0v) is 27.6. The minimum absolute atomic E-state index is 0.536. The molecule has 0 aromatic carbocycles. The van der Waals surface area contributed by atoms with E-state index >= 15 is 0 Å². The molecule has 0 aliphatic heterocycles. The van der Waals surface area contributed by atoms with Crippen LogP contribution in [0.5, 0.6) is 0 Å². The van der Waals surface area contributed by atoms with Gasteiger partial charge in [0.05, 0.1) is 0 Å². The molecule has 0 fully saturated rings. The lowest BCUT2D eigenvalue weighted by atomic mass is 10.0. The van der Waals surface area contributed by atoms with Gasteiger partial charge in [0.1, 0.15) is 0 Å². The molecular formula is C32H68O4Si. The SMILES string of the molecule is CCCC[C@H](CC)CO[Si](OC[C@@H](CC)CCCC)(OC[C@@H](CC)CCCC)OC[C@@H](CC)CCCC. The minimum atomic E-state index is -3.27. The molecule has 0 heterocycles. The van der Waals surface area contributed by atoms with Crippen molar-refractivity contribution in [3.05, 3.63) is 0 Å². The van der Waals surface area contributed by atoms with E-state index in [9.17, 15) is 0 Å². The lowest BCUT2D eigenvalue weighted by Crippen LogP contribution is -2.52. The van der Waals surface area contributed by atoms with Crippen molar-refractivity contribution >= 4 is 9.05 Å². The van der Waals surface area contributed by atoms with Gasteiger partial charge in [-0.3, -0.25) is 0 Å². The Labute approximate surface area is 234 Å². The van der Waals surface area contributed by atoms with Crippen molar-refractivity contribution < 1.29 is 17.7 Å². The topological polar surface area (TPSA) is 36.9 Å². The average Bonchev–Trinajstić information content (AvgIpc) is 2.93. The summed E-state index contributed by atoms with van der Waals surface area (Å²) in [4.78, 5) is 0. The highest BCUT2D eigenvalue weighted by atomic mass is 28.4. The summed E-state index contributed by atoms with van der Waals surface area (Å²) in [7, 11) is -3.27. The smallest absolute Gasteiger partial charge is 0.351 e. The minimum Gasteiger partial charge on any atom is -0.351 e. The molecule has 224 valence electrons. The van der Waals surface area contributed by atoms with E-state index in [-0.39, 0.29) is 0 Å². The largest absolute Gasteiger partial charge is 0.679 e. The summed E-state index contributed by atoms with van der Waals surface area (Å²) in [6.07, 6.45) is 19.2. The van der Waals surface area contributed by atoms with Crippen LogP contribution in [-0.2, 0) is 17.7 Å². The molecule has 0 bridgehead atoms. The monoisotopic (exact) mass is 544 g/mol. The van der Waals surface area contributed by atoms with Gasteiger partial charge in [-0.1, -0.05) is 132 Å². The molecule has 37 heavy (non-hydrogen) atoms. The lowest BCUT2D eigenvalue weighted by Gasteiger charge is -2.33. The molecule has 0 aliphatic rings. The molecule has 4 atom stereocenters. The van der Waals surface area contributed by atoms with E-state index in [4.69, 9.17) is 17.7 Å². The summed E-state index contributed by atoms with van der Waals surface area (Å²) in [5.41, 5.74) is 0. The maximum absolute atomic E-state index is 6.75. The Bertz CT molecular complexity index is 390. The van der Waals surface area contributed by atoms with E-state index in [0.29, 0.717) is 50.1 Å². The van der Waals surface area contributed by atoms with Crippen LogP contribution in [0.4, 0.5) is 0 Å². The zero-order valence-electron chi connectivity index (χ0n) is 26.6. The summed E-state index contributed by atoms with van der Waals surface area (Å²) < 4.78 is 27.0. The van der Waals surface area contributed by atoms with E-state index < -0.39 is 9.05 Å². The Balaban J connectivity index is 5.79. The first kappa shape index (κ1) is 37.1. The summed E-state index contributed by atoms with van der Waals surface area (Å²) in [5, 5.41) is 0. The van der Waals surface area contributed by atoms with Gasteiger partial charge in [-0.25, -0.2) is 0 Å². The van der Waals surface area contributed by atoms with Gasteiger partial charge in [0.15, 0.2) is 0 Å². The van der Waals surface area contributed by atoms with E-state index in [0.717, 1.165) is 25.7 Å². The highest BCUT2D eigenvalue weighted by Gasteiger charge is 2.47. The van der Waals surface area contributed by atoms with Crippen molar-refractivity contribution in [2.24, 2.45) is 23.7 Å². The molecule has 0 aromatic rings. The molecule has 0 rings (SSSR count). The van der Waals surface area contributed by atoms with Gasteiger partial charge >= 0.3 is 9.05 Å². The fraction of sp³-hybridized carbons (Fsp3) is 1.00. The molecule has 0 spiro atoms. The molecule has 5 heteroatoms. The Kier molecular flexibility index (Phi) is 25.1. The predicted octanol–water partition coefficient (Wildman–Crippen LogP) is 10.4. The van der Waals surface area contributed by atoms with Crippen LogP contribution in [0.1, 0.15) is 158 Å². The Morgan fingerprint density at radius 2 is 0.595 bits per heavy atom. The number of unbranched alkanes of at least 4 members (excludes halogenated alkanes) is 4. The average molecular weight is 545 g/mol. The fourth-order valence-corrected chi connectivity index (χ4v) is 6.98. The maximum Gasteiger partial charge on any atom is 0.679 e. The second-order valence-corrected chi connectivity index (χ2v) is 13.6. The summed E-state index contributed by atoms with van der Waals surface area (Å²) >= 11 is 0. The highest BCUT2D eigenvalue weighted by Crippen LogP contribution is 2.25. The van der Waals surface area contributed by atoms with Crippen LogP contribution in [0.2, 0.25) is 0 Å². The normalized spacial score (nSPS) is 15.6. The van der Waals surface area contributed by atoms with E-state index in [2.05, 4.69) is 55.4 Å². The van der Waals surface area contributed by atoms with Crippen molar-refractivity contribution in [2.75, 3.05) is 26.4 Å². The van der Waals surface area contributed by atoms with Crippen LogP contribution in [0, 0.1) is 23.7 Å². The third-order valence-electron chi connectivity index (χ3n) is 8.16. The molecule has 4 nitrogen and oxygen atoms in total. The van der Waals surface area contributed by atoms with Crippen LogP contribution in [0.25, 0.3) is 0 Å². The second-order valence-electron chi connectivity index (χ2n) is 11.4. The first-order chi connectivity index (χ1) is 18.0. The molecule has 0 aromatic heterocycles. The fourth-order valence-electron chi connectivity index (χ4n) is 4.72. The number of hydrogen-bond acceptors (Lipinski definition) is 4. The number of hydrogen-bond donors (Lipinski definition) is 0. The Morgan fingerprint density at radius 3 is 0.757 bits per heavy atom. The number of rotatable bonds is 28. The van der Waals surface area contributed by atoms with Gasteiger partial charge in [-0.05, 0) is 49.4 Å². The lowest BCUT2D eigenvalue weighted by molar-refractivity contribution is -0.0612. The maximum atomic E-state index is 6.75. The van der Waals surface area contributed by atoms with E-state index in [1.165, 1.54) is 77.0 Å². The van der Waals surface area contributed by atoms with Gasteiger partial charge in [-0.2, -0.15) is 0 Å². The van der Waals surface area contributed by atoms with Crippen LogP contribution in [0.3, 0.4) is 0 Å². The molecular weight excluding hydrogens is 476 g/mol. The predicted molar refractivity (Wildman–Crippen MR) is 163 cm³/mol. The van der Waals surface area contributed by atoms with Crippen LogP contribution in [-0.4, -0.2) is 35.5 Å². The first-order valence-corrected chi connectivity index (χ1v) is 18.2. The van der Waals surface area contributed by atoms with Gasteiger partial charge in [0.2, 0.25) is 0 Å².